The van der Waals surface area contributed by atoms with E-state index in [0.717, 1.165) is 29.3 Å². The number of allylic oxidation sites excluding steroid dienone is 8. The smallest absolute Gasteiger partial charge is 0.0337 e. The number of nitrogens with one attached hydrogen (secondary N) is 1. The Bertz CT molecular complexity index is 583. The number of rotatable bonds is 13. The second-order valence-electron chi connectivity index (χ2n) is 7.79. The maximum absolute atomic E-state index is 4.24. The van der Waals surface area contributed by atoms with Crippen LogP contribution in [-0.2, 0) is 0 Å². The second-order valence-corrected chi connectivity index (χ2v) is 7.79. The minimum Gasteiger partial charge on any atom is -0.385 e. The predicted molar refractivity (Wildman–Crippen MR) is 125 cm³/mol. The van der Waals surface area contributed by atoms with E-state index in [-0.39, 0.29) is 0 Å². The molecular weight excluding hydrogens is 326 g/mol. The van der Waals surface area contributed by atoms with Gasteiger partial charge in [-0.15, -0.1) is 0 Å². The minimum atomic E-state index is 0.614. The molecule has 0 rings (SSSR count). The Balaban J connectivity index is 4.80. The third-order valence-electron chi connectivity index (χ3n) is 5.18. The van der Waals surface area contributed by atoms with Crippen LogP contribution in [-0.4, -0.2) is 6.54 Å². The molecule has 0 saturated carbocycles. The average Bonchev–Trinajstić information content (AvgIpc) is 2.66. The van der Waals surface area contributed by atoms with Crippen LogP contribution >= 0.6 is 0 Å². The monoisotopic (exact) mass is 369 g/mol. The van der Waals surface area contributed by atoms with Gasteiger partial charge < -0.3 is 5.32 Å². The van der Waals surface area contributed by atoms with Crippen molar-refractivity contribution in [2.45, 2.75) is 74.1 Å². The quantitative estimate of drug-likeness (QED) is 0.257. The Morgan fingerprint density at radius 3 is 2.26 bits per heavy atom. The van der Waals surface area contributed by atoms with Gasteiger partial charge in [-0.3, -0.25) is 0 Å². The van der Waals surface area contributed by atoms with Gasteiger partial charge in [0.1, 0.15) is 0 Å². The van der Waals surface area contributed by atoms with Crippen LogP contribution in [0.3, 0.4) is 0 Å². The number of hydrogen-bond donors (Lipinski definition) is 1. The molecule has 0 aliphatic carbocycles. The highest BCUT2D eigenvalue weighted by Gasteiger charge is 2.03. The summed E-state index contributed by atoms with van der Waals surface area (Å²) >= 11 is 0. The van der Waals surface area contributed by atoms with E-state index in [9.17, 15) is 0 Å². The molecule has 1 heteroatoms. The van der Waals surface area contributed by atoms with Gasteiger partial charge in [0.2, 0.25) is 0 Å². The van der Waals surface area contributed by atoms with Gasteiger partial charge in [-0.25, -0.2) is 0 Å². The largest absolute Gasteiger partial charge is 0.385 e. The summed E-state index contributed by atoms with van der Waals surface area (Å²) in [6.07, 6.45) is 15.8. The normalized spacial score (nSPS) is 15.7. The summed E-state index contributed by atoms with van der Waals surface area (Å²) in [5.74, 6) is 1.42. The van der Waals surface area contributed by atoms with Crippen molar-refractivity contribution in [2.24, 2.45) is 11.8 Å². The van der Waals surface area contributed by atoms with Gasteiger partial charge >= 0.3 is 0 Å². The lowest BCUT2D eigenvalue weighted by Gasteiger charge is -2.13. The molecule has 27 heavy (non-hydrogen) atoms. The topological polar surface area (TPSA) is 12.0 Å². The van der Waals surface area contributed by atoms with Crippen molar-refractivity contribution >= 4 is 0 Å². The molecule has 0 fully saturated rings. The standard InChI is InChI=1S/C26H43N/c1-10-20(4)14-13-17-27-25(9)26(12-3)19-24(8)23(7)18-22(6)16-15-21(5)11-2/h12,15-16,18-21,27H,7,9-11,13-14,17H2,1-6,8H3/b16-15-,22-18-,24-19+,26-12+. The molecule has 0 aliphatic rings. The molecule has 2 unspecified atom stereocenters. The fourth-order valence-electron chi connectivity index (χ4n) is 2.56. The van der Waals surface area contributed by atoms with Crippen molar-refractivity contribution in [1.29, 1.82) is 0 Å². The van der Waals surface area contributed by atoms with Gasteiger partial charge in [0.15, 0.2) is 0 Å². The minimum absolute atomic E-state index is 0.614. The van der Waals surface area contributed by atoms with Crippen LogP contribution in [0.1, 0.15) is 74.1 Å². The van der Waals surface area contributed by atoms with Crippen molar-refractivity contribution < 1.29 is 0 Å². The Kier molecular flexibility index (Phi) is 13.4. The second kappa shape index (κ2) is 14.3. The SMILES string of the molecule is C=C(/C=C(C)\C=C/C(C)CC)/C(C)=C/C(=C\C)C(=C)NCCCC(C)CC. The molecular formula is C26H43N. The molecule has 152 valence electrons. The van der Waals surface area contributed by atoms with Gasteiger partial charge in [-0.2, -0.15) is 0 Å². The van der Waals surface area contributed by atoms with Crippen molar-refractivity contribution in [2.75, 3.05) is 6.54 Å². The van der Waals surface area contributed by atoms with Crippen molar-refractivity contribution in [3.05, 3.63) is 71.5 Å². The Morgan fingerprint density at radius 1 is 1.04 bits per heavy atom. The van der Waals surface area contributed by atoms with Gasteiger partial charge in [0.05, 0.1) is 0 Å². The Morgan fingerprint density at radius 2 is 1.70 bits per heavy atom. The van der Waals surface area contributed by atoms with Crippen molar-refractivity contribution in [3.63, 3.8) is 0 Å². The summed E-state index contributed by atoms with van der Waals surface area (Å²) < 4.78 is 0. The maximum atomic E-state index is 4.24. The molecule has 0 heterocycles. The lowest BCUT2D eigenvalue weighted by Crippen LogP contribution is -2.15. The molecule has 0 aliphatic heterocycles. The van der Waals surface area contributed by atoms with Crippen LogP contribution in [0.4, 0.5) is 0 Å². The van der Waals surface area contributed by atoms with Crippen LogP contribution < -0.4 is 5.32 Å². The first-order chi connectivity index (χ1) is 12.7. The summed E-state index contributed by atoms with van der Waals surface area (Å²) in [7, 11) is 0. The van der Waals surface area contributed by atoms with Gasteiger partial charge in [-0.1, -0.05) is 83.6 Å². The van der Waals surface area contributed by atoms with E-state index in [0.29, 0.717) is 5.92 Å². The van der Waals surface area contributed by atoms with E-state index in [1.54, 1.807) is 0 Å². The fourth-order valence-corrected chi connectivity index (χ4v) is 2.56. The maximum Gasteiger partial charge on any atom is 0.0337 e. The van der Waals surface area contributed by atoms with E-state index in [1.807, 2.05) is 0 Å². The highest BCUT2D eigenvalue weighted by molar-refractivity contribution is 5.47. The Labute approximate surface area is 169 Å². The summed E-state index contributed by atoms with van der Waals surface area (Å²) in [6.45, 7) is 24.8. The molecule has 0 aromatic carbocycles. The Hall–Kier alpha value is -1.76. The van der Waals surface area contributed by atoms with Crippen LogP contribution in [0.5, 0.6) is 0 Å². The predicted octanol–water partition coefficient (Wildman–Crippen LogP) is 7.91. The van der Waals surface area contributed by atoms with E-state index in [1.165, 1.54) is 36.8 Å². The molecule has 0 aromatic heterocycles. The molecule has 1 N–H and O–H groups in total. The third kappa shape index (κ3) is 11.5. The zero-order valence-electron chi connectivity index (χ0n) is 19.0. The molecule has 2 atom stereocenters. The molecule has 0 amide bonds. The first kappa shape index (κ1) is 25.2. The van der Waals surface area contributed by atoms with Gasteiger partial charge in [0.25, 0.3) is 0 Å². The summed E-state index contributed by atoms with van der Waals surface area (Å²) in [5.41, 5.74) is 5.58. The molecule has 0 saturated heterocycles. The van der Waals surface area contributed by atoms with E-state index >= 15 is 0 Å². The lowest BCUT2D eigenvalue weighted by atomic mass is 10.0. The zero-order valence-corrected chi connectivity index (χ0v) is 19.0. The van der Waals surface area contributed by atoms with E-state index in [2.05, 4.69) is 97.3 Å². The summed E-state index contributed by atoms with van der Waals surface area (Å²) in [4.78, 5) is 0. The van der Waals surface area contributed by atoms with E-state index < -0.39 is 0 Å². The molecule has 0 radical (unpaired) electrons. The summed E-state index contributed by atoms with van der Waals surface area (Å²) in [6, 6.07) is 0. The van der Waals surface area contributed by atoms with Crippen LogP contribution in [0.2, 0.25) is 0 Å². The highest BCUT2D eigenvalue weighted by atomic mass is 14.9. The van der Waals surface area contributed by atoms with Crippen molar-refractivity contribution in [1.82, 2.24) is 5.32 Å². The molecule has 1 nitrogen and oxygen atoms in total. The van der Waals surface area contributed by atoms with Crippen LogP contribution in [0.15, 0.2) is 71.5 Å². The van der Waals surface area contributed by atoms with E-state index in [4.69, 9.17) is 0 Å². The molecule has 0 bridgehead atoms. The van der Waals surface area contributed by atoms with Crippen LogP contribution in [0, 0.1) is 11.8 Å². The number of hydrogen-bond acceptors (Lipinski definition) is 1. The third-order valence-corrected chi connectivity index (χ3v) is 5.18. The average molecular weight is 370 g/mol. The first-order valence-electron chi connectivity index (χ1n) is 10.6. The van der Waals surface area contributed by atoms with Crippen molar-refractivity contribution in [3.8, 4) is 0 Å². The molecule has 0 aromatic rings. The molecule has 0 spiro atoms. The lowest BCUT2D eigenvalue weighted by molar-refractivity contribution is 0.490. The fraction of sp³-hybridized carbons (Fsp3) is 0.538. The highest BCUT2D eigenvalue weighted by Crippen LogP contribution is 2.18. The van der Waals surface area contributed by atoms with Gasteiger partial charge in [-0.05, 0) is 68.2 Å². The summed E-state index contributed by atoms with van der Waals surface area (Å²) in [5, 5.41) is 3.47. The van der Waals surface area contributed by atoms with Gasteiger partial charge in [0, 0.05) is 12.2 Å². The van der Waals surface area contributed by atoms with Crippen LogP contribution in [0.25, 0.3) is 0 Å². The zero-order chi connectivity index (χ0) is 20.8. The first-order valence-corrected chi connectivity index (χ1v) is 10.6.